The first-order valence-electron chi connectivity index (χ1n) is 12.0. The molecule has 0 spiro atoms. The molecule has 3 aliphatic heterocycles. The summed E-state index contributed by atoms with van der Waals surface area (Å²) in [6.07, 6.45) is -2.72. The Morgan fingerprint density at radius 3 is 2.32 bits per heavy atom. The van der Waals surface area contributed by atoms with Gasteiger partial charge in [-0.3, -0.25) is 14.9 Å². The minimum absolute atomic E-state index is 0.0709. The Bertz CT molecular complexity index is 1030. The molecule has 0 saturated carbocycles. The van der Waals surface area contributed by atoms with Gasteiger partial charge < -0.3 is 38.3 Å². The van der Waals surface area contributed by atoms with E-state index in [1.807, 2.05) is 6.08 Å². The van der Waals surface area contributed by atoms with Gasteiger partial charge in [0.05, 0.1) is 18.4 Å². The molecular weight excluding hydrogens is 490 g/mol. The van der Waals surface area contributed by atoms with Crippen molar-refractivity contribution in [2.45, 2.75) is 57.4 Å². The minimum Gasteiger partial charge on any atom is -0.454 e. The first kappa shape index (κ1) is 26.7. The number of fused-ring (bicyclic) bond motifs is 2. The number of rotatable bonds is 4. The van der Waals surface area contributed by atoms with Gasteiger partial charge in [0.25, 0.3) is 0 Å². The van der Waals surface area contributed by atoms with Gasteiger partial charge in [-0.2, -0.15) is 0 Å². The summed E-state index contributed by atoms with van der Waals surface area (Å²) in [5.74, 6) is -1.20. The number of aliphatic hydroxyl groups is 1. The molecule has 37 heavy (non-hydrogen) atoms. The van der Waals surface area contributed by atoms with Crippen molar-refractivity contribution < 1.29 is 52.6 Å². The molecule has 3 heterocycles. The highest BCUT2D eigenvalue weighted by Crippen LogP contribution is 2.35. The summed E-state index contributed by atoms with van der Waals surface area (Å²) < 4.78 is 38.7. The molecule has 1 aromatic carbocycles. The smallest absolute Gasteiger partial charge is 0.412 e. The Hall–Kier alpha value is -3.35. The number of amides is 1. The predicted molar refractivity (Wildman–Crippen MR) is 126 cm³/mol. The second kappa shape index (κ2) is 11.8. The lowest BCUT2D eigenvalue weighted by atomic mass is 9.97. The van der Waals surface area contributed by atoms with Gasteiger partial charge in [0.1, 0.15) is 6.10 Å². The van der Waals surface area contributed by atoms with E-state index in [2.05, 4.69) is 5.32 Å². The maximum absolute atomic E-state index is 12.9. The van der Waals surface area contributed by atoms with E-state index >= 15 is 0 Å². The zero-order chi connectivity index (χ0) is 26.5. The van der Waals surface area contributed by atoms with Crippen LogP contribution >= 0.6 is 0 Å². The van der Waals surface area contributed by atoms with Crippen LogP contribution in [0.5, 0.6) is 11.5 Å². The number of carbonyl (C=O) groups excluding carboxylic acids is 3. The molecule has 0 aliphatic carbocycles. The normalized spacial score (nSPS) is 31.7. The maximum Gasteiger partial charge on any atom is 0.412 e. The fraction of sp³-hybridized carbons (Fsp3) is 0.560. The van der Waals surface area contributed by atoms with Gasteiger partial charge in [0.2, 0.25) is 6.79 Å². The van der Waals surface area contributed by atoms with Gasteiger partial charge in [-0.1, -0.05) is 26.0 Å². The van der Waals surface area contributed by atoms with Gasteiger partial charge in [-0.25, -0.2) is 4.79 Å². The van der Waals surface area contributed by atoms with E-state index in [9.17, 15) is 19.5 Å². The highest BCUT2D eigenvalue weighted by Gasteiger charge is 2.53. The van der Waals surface area contributed by atoms with Crippen molar-refractivity contribution in [2.75, 3.05) is 25.8 Å². The number of allylic oxidation sites excluding steroid dienone is 2. The van der Waals surface area contributed by atoms with Crippen LogP contribution in [0.2, 0.25) is 0 Å². The second-order valence-corrected chi connectivity index (χ2v) is 9.07. The van der Waals surface area contributed by atoms with Crippen LogP contribution in [0.3, 0.4) is 0 Å². The van der Waals surface area contributed by atoms with Crippen molar-refractivity contribution in [1.82, 2.24) is 0 Å². The van der Waals surface area contributed by atoms with Crippen LogP contribution in [0.25, 0.3) is 0 Å². The van der Waals surface area contributed by atoms with Crippen LogP contribution in [0.1, 0.15) is 26.7 Å². The average Bonchev–Trinajstić information content (AvgIpc) is 3.35. The number of ether oxygens (including phenoxy) is 7. The molecule has 7 atom stereocenters. The minimum atomic E-state index is -1.33. The highest BCUT2D eigenvalue weighted by molar-refractivity contribution is 5.85. The number of anilines is 1. The van der Waals surface area contributed by atoms with Gasteiger partial charge in [0, 0.05) is 18.9 Å². The van der Waals surface area contributed by atoms with Gasteiger partial charge in [0.15, 0.2) is 36.1 Å². The molecule has 1 amide bonds. The Morgan fingerprint density at radius 1 is 1.03 bits per heavy atom. The topological polar surface area (TPSA) is 148 Å². The molecule has 202 valence electrons. The summed E-state index contributed by atoms with van der Waals surface area (Å²) in [6, 6.07) is 4.78. The van der Waals surface area contributed by atoms with Crippen molar-refractivity contribution in [3.05, 3.63) is 30.4 Å². The number of hydrogen-bond donors (Lipinski definition) is 2. The predicted octanol–water partition coefficient (Wildman–Crippen LogP) is 2.14. The summed E-state index contributed by atoms with van der Waals surface area (Å²) in [7, 11) is 1.32. The van der Waals surface area contributed by atoms with Crippen LogP contribution in [0, 0.1) is 11.8 Å². The van der Waals surface area contributed by atoms with E-state index in [-0.39, 0.29) is 6.79 Å². The first-order valence-corrected chi connectivity index (χ1v) is 12.0. The molecule has 2 N–H and O–H groups in total. The van der Waals surface area contributed by atoms with Crippen molar-refractivity contribution in [1.29, 1.82) is 0 Å². The van der Waals surface area contributed by atoms with Crippen LogP contribution < -0.4 is 14.8 Å². The van der Waals surface area contributed by atoms with Crippen LogP contribution in [0.15, 0.2) is 30.4 Å². The molecule has 0 unspecified atom stereocenters. The third kappa shape index (κ3) is 6.14. The lowest BCUT2D eigenvalue weighted by molar-refractivity contribution is -0.300. The fourth-order valence-electron chi connectivity index (χ4n) is 4.16. The molecule has 1 fully saturated rings. The van der Waals surface area contributed by atoms with E-state index in [4.69, 9.17) is 33.2 Å². The summed E-state index contributed by atoms with van der Waals surface area (Å²) in [5.41, 5.74) is 0.356. The van der Waals surface area contributed by atoms with E-state index < -0.39 is 67.2 Å². The van der Waals surface area contributed by atoms with Crippen molar-refractivity contribution in [2.24, 2.45) is 11.8 Å². The highest BCUT2D eigenvalue weighted by atomic mass is 16.7. The van der Waals surface area contributed by atoms with Gasteiger partial charge >= 0.3 is 18.0 Å². The molecule has 3 aliphatic rings. The number of aliphatic hydroxyl groups excluding tert-OH is 1. The number of nitrogens with one attached hydrogen (secondary N) is 1. The van der Waals surface area contributed by atoms with Gasteiger partial charge in [-0.15, -0.1) is 0 Å². The Kier molecular flexibility index (Phi) is 8.52. The van der Waals surface area contributed by atoms with E-state index in [0.29, 0.717) is 30.0 Å². The standard InChI is InChI=1S/C25H31NO11/c1-13-6-4-5-7-14(2)23(29)36-21-20(35-22(13)28)19(18(11-27)34-24(21)31-3)37-25(30)26-15-8-9-16-17(10-15)33-12-32-16/h4-5,8-10,13-14,18-21,24,27H,6-7,11-12H2,1-3H3,(H,26,30)/t13-,14-,18+,19+,20-,21+,24-/m0/s1. The quantitative estimate of drug-likeness (QED) is 0.341. The van der Waals surface area contributed by atoms with Crippen LogP contribution in [-0.2, 0) is 33.3 Å². The third-order valence-corrected chi connectivity index (χ3v) is 6.32. The number of benzene rings is 1. The summed E-state index contributed by atoms with van der Waals surface area (Å²) >= 11 is 0. The molecule has 12 heteroatoms. The fourth-order valence-corrected chi connectivity index (χ4v) is 4.16. The zero-order valence-corrected chi connectivity index (χ0v) is 20.8. The van der Waals surface area contributed by atoms with E-state index in [1.165, 1.54) is 7.11 Å². The molecule has 0 aromatic heterocycles. The van der Waals surface area contributed by atoms with Crippen molar-refractivity contribution >= 4 is 23.7 Å². The van der Waals surface area contributed by atoms with Crippen LogP contribution in [-0.4, -0.2) is 74.4 Å². The number of esters is 2. The Morgan fingerprint density at radius 2 is 1.68 bits per heavy atom. The number of methoxy groups -OCH3 is 1. The van der Waals surface area contributed by atoms with Crippen LogP contribution in [0.4, 0.5) is 10.5 Å². The molecule has 0 radical (unpaired) electrons. The van der Waals surface area contributed by atoms with Gasteiger partial charge in [-0.05, 0) is 25.0 Å². The largest absolute Gasteiger partial charge is 0.454 e. The lowest BCUT2D eigenvalue weighted by Gasteiger charge is -2.44. The lowest BCUT2D eigenvalue weighted by Crippen LogP contribution is -2.63. The Labute approximate surface area is 213 Å². The van der Waals surface area contributed by atoms with E-state index in [0.717, 1.165) is 0 Å². The second-order valence-electron chi connectivity index (χ2n) is 9.07. The molecule has 0 bridgehead atoms. The third-order valence-electron chi connectivity index (χ3n) is 6.32. The summed E-state index contributed by atoms with van der Waals surface area (Å²) in [4.78, 5) is 38.6. The van der Waals surface area contributed by atoms with E-state index in [1.54, 1.807) is 38.1 Å². The first-order chi connectivity index (χ1) is 17.8. The maximum atomic E-state index is 12.9. The molecule has 12 nitrogen and oxygen atoms in total. The summed E-state index contributed by atoms with van der Waals surface area (Å²) in [5, 5.41) is 12.6. The summed E-state index contributed by atoms with van der Waals surface area (Å²) in [6.45, 7) is 2.88. The average molecular weight is 522 g/mol. The zero-order valence-electron chi connectivity index (χ0n) is 20.8. The molecule has 1 saturated heterocycles. The Balaban J connectivity index is 1.60. The molecular formula is C25H31NO11. The molecule has 4 rings (SSSR count). The monoisotopic (exact) mass is 521 g/mol. The number of carbonyl (C=O) groups is 3. The molecule has 1 aromatic rings. The number of hydrogen-bond acceptors (Lipinski definition) is 11. The van der Waals surface area contributed by atoms with Crippen molar-refractivity contribution in [3.8, 4) is 11.5 Å². The SMILES string of the molecule is CO[C@H]1O[C@H](CO)[C@@H](OC(=O)Nc2ccc3c(c2)OCO3)[C@@H]2OC(=O)[C@@H](C)CC=CC[C@H](C)C(=O)O[C@@H]12. The van der Waals surface area contributed by atoms with Crippen molar-refractivity contribution in [3.63, 3.8) is 0 Å².